The summed E-state index contributed by atoms with van der Waals surface area (Å²) in [6, 6.07) is 2.49. The molecule has 0 saturated carbocycles. The number of aromatic nitrogens is 1. The van der Waals surface area contributed by atoms with E-state index in [1.165, 1.54) is 13.8 Å². The Bertz CT molecular complexity index is 1100. The van der Waals surface area contributed by atoms with Crippen molar-refractivity contribution in [1.82, 2.24) is 4.98 Å². The molecule has 0 unspecified atom stereocenters. The minimum absolute atomic E-state index is 0.00157. The number of rotatable bonds is 7. The van der Waals surface area contributed by atoms with Gasteiger partial charge in [-0.25, -0.2) is 13.4 Å². The molecular formula is C18H19F6N3O4S2. The van der Waals surface area contributed by atoms with Crippen LogP contribution in [-0.2, 0) is 25.2 Å². The van der Waals surface area contributed by atoms with Crippen LogP contribution in [0.1, 0.15) is 32.0 Å². The van der Waals surface area contributed by atoms with Crippen molar-refractivity contribution in [2.24, 2.45) is 0 Å². The average molecular weight is 519 g/mol. The summed E-state index contributed by atoms with van der Waals surface area (Å²) in [5.74, 6) is -0.488. The number of aryl methyl sites for hydroxylation is 1. The van der Waals surface area contributed by atoms with Gasteiger partial charge in [-0.3, -0.25) is 9.52 Å². The number of thiazole rings is 1. The monoisotopic (exact) mass is 519 g/mol. The number of carbonyl (C=O) groups excluding carboxylic acids is 1. The molecule has 0 saturated heterocycles. The van der Waals surface area contributed by atoms with Crippen LogP contribution in [0.25, 0.3) is 0 Å². The van der Waals surface area contributed by atoms with E-state index >= 15 is 0 Å². The lowest BCUT2D eigenvalue weighted by Gasteiger charge is -2.38. The first-order chi connectivity index (χ1) is 14.9. The minimum Gasteiger partial charge on any atom is -0.351 e. The van der Waals surface area contributed by atoms with Gasteiger partial charge in [0.1, 0.15) is 0 Å². The third kappa shape index (κ3) is 5.58. The molecule has 2 aromatic rings. The Kier molecular flexibility index (Phi) is 7.41. The number of anilines is 2. The number of hydrogen-bond donors (Lipinski definition) is 2. The van der Waals surface area contributed by atoms with Crippen LogP contribution in [0.15, 0.2) is 28.5 Å². The minimum atomic E-state index is -5.85. The van der Waals surface area contributed by atoms with Crippen molar-refractivity contribution in [3.05, 3.63) is 35.5 Å². The highest BCUT2D eigenvalue weighted by atomic mass is 32.2. The van der Waals surface area contributed by atoms with Crippen LogP contribution < -0.4 is 10.0 Å². The standard InChI is InChI=1S/C18H19F6N3O4S2/c1-9(2)31-16(17(19,20)21,18(22,23)24)12-5-7-13(8-6-12)27-33(29,30)14-10(3)25-15(32-14)26-11(4)28/h5-9,27H,1-4H3,(H,25,26,28). The molecule has 0 aliphatic heterocycles. The maximum Gasteiger partial charge on any atom is 0.430 e. The molecule has 0 atom stereocenters. The highest BCUT2D eigenvalue weighted by molar-refractivity contribution is 7.94. The SMILES string of the molecule is CC(=O)Nc1nc(C)c(S(=O)(=O)Nc2ccc(C(OC(C)C)(C(F)(F)F)C(F)(F)F)cc2)s1. The molecule has 0 aliphatic carbocycles. The molecule has 184 valence electrons. The number of nitrogens with one attached hydrogen (secondary N) is 2. The predicted octanol–water partition coefficient (Wildman–Crippen LogP) is 4.96. The number of nitrogens with zero attached hydrogens (tertiary/aromatic N) is 1. The van der Waals surface area contributed by atoms with Gasteiger partial charge in [0.25, 0.3) is 15.6 Å². The summed E-state index contributed by atoms with van der Waals surface area (Å²) in [4.78, 5) is 15.0. The molecule has 1 amide bonds. The Morgan fingerprint density at radius 2 is 1.58 bits per heavy atom. The molecule has 7 nitrogen and oxygen atoms in total. The molecule has 1 aromatic carbocycles. The second kappa shape index (κ2) is 9.10. The van der Waals surface area contributed by atoms with E-state index in [0.717, 1.165) is 26.0 Å². The van der Waals surface area contributed by atoms with Crippen LogP contribution in [0.2, 0.25) is 0 Å². The second-order valence-corrected chi connectivity index (χ2v) is 9.98. The molecule has 0 bridgehead atoms. The molecule has 0 aliphatic rings. The van der Waals surface area contributed by atoms with Crippen LogP contribution in [-0.4, -0.2) is 37.8 Å². The van der Waals surface area contributed by atoms with Crippen molar-refractivity contribution >= 4 is 38.1 Å². The molecule has 1 heterocycles. The van der Waals surface area contributed by atoms with E-state index in [9.17, 15) is 39.6 Å². The zero-order valence-electron chi connectivity index (χ0n) is 17.6. The Labute approximate surface area is 189 Å². The van der Waals surface area contributed by atoms with Crippen molar-refractivity contribution in [1.29, 1.82) is 0 Å². The fraction of sp³-hybridized carbons (Fsp3) is 0.444. The first-order valence-electron chi connectivity index (χ1n) is 9.10. The lowest BCUT2D eigenvalue weighted by molar-refractivity contribution is -0.396. The molecule has 33 heavy (non-hydrogen) atoms. The summed E-state index contributed by atoms with van der Waals surface area (Å²) in [6.45, 7) is 4.60. The Balaban J connectivity index is 2.44. The highest BCUT2D eigenvalue weighted by Crippen LogP contribution is 2.53. The van der Waals surface area contributed by atoms with Crippen LogP contribution in [0.4, 0.5) is 37.2 Å². The van der Waals surface area contributed by atoms with Crippen molar-refractivity contribution < 1.29 is 44.3 Å². The highest BCUT2D eigenvalue weighted by Gasteiger charge is 2.73. The number of carbonyl (C=O) groups is 1. The molecular weight excluding hydrogens is 500 g/mol. The lowest BCUT2D eigenvalue weighted by Crippen LogP contribution is -2.57. The van der Waals surface area contributed by atoms with E-state index in [2.05, 4.69) is 19.8 Å². The number of benzene rings is 1. The second-order valence-electron chi connectivity index (χ2n) is 7.10. The van der Waals surface area contributed by atoms with Crippen molar-refractivity contribution in [3.8, 4) is 0 Å². The molecule has 1 aromatic heterocycles. The topological polar surface area (TPSA) is 97.4 Å². The van der Waals surface area contributed by atoms with Gasteiger partial charge in [-0.1, -0.05) is 23.5 Å². The average Bonchev–Trinajstić information content (AvgIpc) is 2.98. The summed E-state index contributed by atoms with van der Waals surface area (Å²) in [5, 5.41) is 2.32. The third-order valence-electron chi connectivity index (χ3n) is 4.04. The van der Waals surface area contributed by atoms with Gasteiger partial charge in [0.2, 0.25) is 5.91 Å². The maximum atomic E-state index is 13.7. The summed E-state index contributed by atoms with van der Waals surface area (Å²) < 4.78 is 113. The fourth-order valence-electron chi connectivity index (χ4n) is 2.85. The van der Waals surface area contributed by atoms with Gasteiger partial charge in [0.05, 0.1) is 11.8 Å². The number of halogens is 6. The molecule has 0 spiro atoms. The fourth-order valence-corrected chi connectivity index (χ4v) is 5.37. The first kappa shape index (κ1) is 26.9. The largest absolute Gasteiger partial charge is 0.430 e. The quantitative estimate of drug-likeness (QED) is 0.505. The van der Waals surface area contributed by atoms with E-state index in [1.807, 2.05) is 0 Å². The van der Waals surface area contributed by atoms with E-state index < -0.39 is 45.6 Å². The van der Waals surface area contributed by atoms with E-state index in [-0.39, 0.29) is 20.7 Å². The number of ether oxygens (including phenoxy) is 1. The van der Waals surface area contributed by atoms with Gasteiger partial charge < -0.3 is 10.1 Å². The van der Waals surface area contributed by atoms with E-state index in [4.69, 9.17) is 0 Å². The van der Waals surface area contributed by atoms with Crippen LogP contribution >= 0.6 is 11.3 Å². The van der Waals surface area contributed by atoms with Crippen LogP contribution in [0.3, 0.4) is 0 Å². The summed E-state index contributed by atoms with van der Waals surface area (Å²) >= 11 is 0.624. The number of amides is 1. The van der Waals surface area contributed by atoms with Gasteiger partial charge in [0.15, 0.2) is 9.34 Å². The molecule has 2 rings (SSSR count). The van der Waals surface area contributed by atoms with Gasteiger partial charge in [-0.15, -0.1) is 0 Å². The van der Waals surface area contributed by atoms with Gasteiger partial charge >= 0.3 is 12.4 Å². The van der Waals surface area contributed by atoms with Gasteiger partial charge in [-0.2, -0.15) is 26.3 Å². The van der Waals surface area contributed by atoms with Crippen molar-refractivity contribution in [3.63, 3.8) is 0 Å². The molecule has 0 radical (unpaired) electrons. The van der Waals surface area contributed by atoms with Crippen molar-refractivity contribution in [2.75, 3.05) is 10.0 Å². The van der Waals surface area contributed by atoms with Crippen molar-refractivity contribution in [2.45, 2.75) is 56.0 Å². The summed E-state index contributed by atoms with van der Waals surface area (Å²) in [5.41, 5.74) is -6.13. The third-order valence-corrected chi connectivity index (χ3v) is 7.10. The summed E-state index contributed by atoms with van der Waals surface area (Å²) in [7, 11) is -4.30. The Hall–Kier alpha value is -2.39. The van der Waals surface area contributed by atoms with E-state index in [1.54, 1.807) is 0 Å². The Morgan fingerprint density at radius 3 is 2.00 bits per heavy atom. The van der Waals surface area contributed by atoms with Gasteiger partial charge in [-0.05, 0) is 32.9 Å². The van der Waals surface area contributed by atoms with E-state index in [0.29, 0.717) is 23.5 Å². The zero-order valence-corrected chi connectivity index (χ0v) is 19.2. The smallest absolute Gasteiger partial charge is 0.351 e. The maximum absolute atomic E-state index is 13.7. The molecule has 15 heteroatoms. The van der Waals surface area contributed by atoms with Gasteiger partial charge in [0, 0.05) is 18.2 Å². The first-order valence-corrected chi connectivity index (χ1v) is 11.4. The normalized spacial score (nSPS) is 13.3. The number of alkyl halides is 6. The van der Waals surface area contributed by atoms with Crippen LogP contribution in [0, 0.1) is 6.92 Å². The Morgan fingerprint density at radius 1 is 1.06 bits per heavy atom. The summed E-state index contributed by atoms with van der Waals surface area (Å²) in [6.07, 6.45) is -13.1. The molecule has 2 N–H and O–H groups in total. The number of sulfonamides is 1. The predicted molar refractivity (Wildman–Crippen MR) is 108 cm³/mol. The van der Waals surface area contributed by atoms with Crippen LogP contribution in [0.5, 0.6) is 0 Å². The lowest BCUT2D eigenvalue weighted by atomic mass is 9.91. The molecule has 0 fully saturated rings. The number of hydrogen-bond acceptors (Lipinski definition) is 6. The zero-order chi connectivity index (χ0) is 25.4.